The lowest BCUT2D eigenvalue weighted by atomic mass is 10.0. The standard InChI is InChI=1S/C9H8F5N.ClH/c10-5-2-1-4(8(13)9(5)14)6(15)3-7(11)12;/h1-2,6-7H,3,15H2;1H/t6-;/m0./s1. The highest BCUT2D eigenvalue weighted by molar-refractivity contribution is 5.85. The van der Waals surface area contributed by atoms with Gasteiger partial charge < -0.3 is 5.73 Å². The zero-order valence-electron chi connectivity index (χ0n) is 7.89. The molecule has 0 saturated heterocycles. The maximum absolute atomic E-state index is 13.0. The molecule has 1 nitrogen and oxygen atoms in total. The first-order chi connectivity index (χ1) is 6.93. The predicted octanol–water partition coefficient (Wildman–Crippen LogP) is 3.18. The molecule has 1 aromatic rings. The monoisotopic (exact) mass is 261 g/mol. The first kappa shape index (κ1) is 15.1. The van der Waals surface area contributed by atoms with E-state index in [1.807, 2.05) is 0 Å². The lowest BCUT2D eigenvalue weighted by Gasteiger charge is -2.12. The van der Waals surface area contributed by atoms with E-state index in [9.17, 15) is 22.0 Å². The Morgan fingerprint density at radius 1 is 1.06 bits per heavy atom. The Morgan fingerprint density at radius 3 is 2.12 bits per heavy atom. The molecule has 2 N–H and O–H groups in total. The van der Waals surface area contributed by atoms with Crippen molar-refractivity contribution in [1.82, 2.24) is 0 Å². The molecule has 0 aromatic heterocycles. The van der Waals surface area contributed by atoms with Gasteiger partial charge in [0.25, 0.3) is 0 Å². The van der Waals surface area contributed by atoms with Crippen molar-refractivity contribution in [3.8, 4) is 0 Å². The molecule has 0 unspecified atom stereocenters. The van der Waals surface area contributed by atoms with Crippen molar-refractivity contribution >= 4 is 12.4 Å². The molecule has 1 rings (SSSR count). The molecule has 0 heterocycles. The molecule has 0 aliphatic carbocycles. The summed E-state index contributed by atoms with van der Waals surface area (Å²) in [6, 6.07) is 0.167. The summed E-state index contributed by atoms with van der Waals surface area (Å²) in [4.78, 5) is 0. The smallest absolute Gasteiger partial charge is 0.240 e. The molecule has 92 valence electrons. The van der Waals surface area contributed by atoms with Crippen LogP contribution in [0.2, 0.25) is 0 Å². The average molecular weight is 262 g/mol. The van der Waals surface area contributed by atoms with Gasteiger partial charge in [0, 0.05) is 18.0 Å². The maximum atomic E-state index is 13.0. The van der Waals surface area contributed by atoms with Crippen molar-refractivity contribution in [1.29, 1.82) is 0 Å². The zero-order chi connectivity index (χ0) is 11.6. The van der Waals surface area contributed by atoms with Crippen LogP contribution in [-0.4, -0.2) is 6.43 Å². The minimum absolute atomic E-state index is 0. The van der Waals surface area contributed by atoms with Crippen LogP contribution in [0.5, 0.6) is 0 Å². The number of benzene rings is 1. The van der Waals surface area contributed by atoms with Crippen LogP contribution in [0.15, 0.2) is 12.1 Å². The lowest BCUT2D eigenvalue weighted by molar-refractivity contribution is 0.128. The Bertz CT molecular complexity index is 358. The van der Waals surface area contributed by atoms with E-state index in [1.165, 1.54) is 0 Å². The third-order valence-corrected chi connectivity index (χ3v) is 1.90. The van der Waals surface area contributed by atoms with Crippen molar-refractivity contribution in [2.45, 2.75) is 18.9 Å². The van der Waals surface area contributed by atoms with Gasteiger partial charge >= 0.3 is 0 Å². The quantitative estimate of drug-likeness (QED) is 0.656. The lowest BCUT2D eigenvalue weighted by Crippen LogP contribution is -2.16. The number of nitrogens with two attached hydrogens (primary N) is 1. The SMILES string of the molecule is Cl.N[C@@H](CC(F)F)c1ccc(F)c(F)c1F. The summed E-state index contributed by atoms with van der Waals surface area (Å²) in [6.07, 6.45) is -3.53. The zero-order valence-corrected chi connectivity index (χ0v) is 8.71. The van der Waals surface area contributed by atoms with Gasteiger partial charge in [-0.15, -0.1) is 12.4 Å². The van der Waals surface area contributed by atoms with E-state index >= 15 is 0 Å². The second-order valence-corrected chi connectivity index (χ2v) is 3.00. The van der Waals surface area contributed by atoms with Gasteiger partial charge in [-0.05, 0) is 6.07 Å². The first-order valence-electron chi connectivity index (χ1n) is 4.10. The molecular formula is C9H9ClF5N. The van der Waals surface area contributed by atoms with Crippen LogP contribution in [0.4, 0.5) is 22.0 Å². The molecular weight excluding hydrogens is 253 g/mol. The van der Waals surface area contributed by atoms with Gasteiger partial charge in [0.2, 0.25) is 6.43 Å². The molecule has 7 heteroatoms. The Balaban J connectivity index is 0.00000225. The normalized spacial score (nSPS) is 12.4. The van der Waals surface area contributed by atoms with E-state index in [-0.39, 0.29) is 12.4 Å². The minimum Gasteiger partial charge on any atom is -0.324 e. The summed E-state index contributed by atoms with van der Waals surface area (Å²) < 4.78 is 62.0. The fourth-order valence-electron chi connectivity index (χ4n) is 1.15. The van der Waals surface area contributed by atoms with Gasteiger partial charge in [-0.2, -0.15) is 0 Å². The molecule has 16 heavy (non-hydrogen) atoms. The number of halogens is 6. The molecule has 0 aliphatic heterocycles. The highest BCUT2D eigenvalue weighted by atomic mass is 35.5. The van der Waals surface area contributed by atoms with Gasteiger partial charge in [0.15, 0.2) is 17.5 Å². The summed E-state index contributed by atoms with van der Waals surface area (Å²) >= 11 is 0. The van der Waals surface area contributed by atoms with Crippen LogP contribution in [0, 0.1) is 17.5 Å². The Morgan fingerprint density at radius 2 is 1.62 bits per heavy atom. The largest absolute Gasteiger partial charge is 0.324 e. The van der Waals surface area contributed by atoms with E-state index in [1.54, 1.807) is 0 Å². The van der Waals surface area contributed by atoms with E-state index in [2.05, 4.69) is 0 Å². The number of hydrogen-bond acceptors (Lipinski definition) is 1. The molecule has 0 saturated carbocycles. The van der Waals surface area contributed by atoms with Gasteiger partial charge in [-0.3, -0.25) is 0 Å². The fraction of sp³-hybridized carbons (Fsp3) is 0.333. The Labute approximate surface area is 94.8 Å². The average Bonchev–Trinajstić information content (AvgIpc) is 2.13. The number of alkyl halides is 2. The second-order valence-electron chi connectivity index (χ2n) is 3.00. The van der Waals surface area contributed by atoms with E-state index in [0.717, 1.165) is 6.07 Å². The molecule has 0 radical (unpaired) electrons. The van der Waals surface area contributed by atoms with Gasteiger partial charge in [0.05, 0.1) is 0 Å². The first-order valence-corrected chi connectivity index (χ1v) is 4.10. The van der Waals surface area contributed by atoms with Crippen molar-refractivity contribution in [3.63, 3.8) is 0 Å². The molecule has 0 spiro atoms. The summed E-state index contributed by atoms with van der Waals surface area (Å²) in [5, 5.41) is 0. The topological polar surface area (TPSA) is 26.0 Å². The summed E-state index contributed by atoms with van der Waals surface area (Å²) in [5.74, 6) is -4.58. The minimum atomic E-state index is -2.73. The Kier molecular flexibility index (Phi) is 5.67. The van der Waals surface area contributed by atoms with Crippen LogP contribution in [0.25, 0.3) is 0 Å². The van der Waals surface area contributed by atoms with Crippen LogP contribution >= 0.6 is 12.4 Å². The maximum Gasteiger partial charge on any atom is 0.240 e. The fourth-order valence-corrected chi connectivity index (χ4v) is 1.15. The predicted molar refractivity (Wildman–Crippen MR) is 51.1 cm³/mol. The number of hydrogen-bond donors (Lipinski definition) is 1. The third kappa shape index (κ3) is 3.31. The van der Waals surface area contributed by atoms with Crippen molar-refractivity contribution < 1.29 is 22.0 Å². The van der Waals surface area contributed by atoms with Crippen molar-refractivity contribution in [3.05, 3.63) is 35.1 Å². The van der Waals surface area contributed by atoms with Crippen molar-refractivity contribution in [2.24, 2.45) is 5.73 Å². The van der Waals surface area contributed by atoms with Gasteiger partial charge in [-0.25, -0.2) is 22.0 Å². The van der Waals surface area contributed by atoms with Crippen LogP contribution in [-0.2, 0) is 0 Å². The van der Waals surface area contributed by atoms with Crippen LogP contribution < -0.4 is 5.73 Å². The Hall–Kier alpha value is -0.880. The molecule has 1 atom stereocenters. The van der Waals surface area contributed by atoms with Crippen LogP contribution in [0.1, 0.15) is 18.0 Å². The number of rotatable bonds is 3. The van der Waals surface area contributed by atoms with Gasteiger partial charge in [0.1, 0.15) is 0 Å². The molecule has 1 aromatic carbocycles. The van der Waals surface area contributed by atoms with Gasteiger partial charge in [-0.1, -0.05) is 6.07 Å². The summed E-state index contributed by atoms with van der Waals surface area (Å²) in [5.41, 5.74) is 4.76. The second kappa shape index (κ2) is 6.00. The van der Waals surface area contributed by atoms with Crippen molar-refractivity contribution in [2.75, 3.05) is 0 Å². The molecule has 0 amide bonds. The molecule has 0 fully saturated rings. The highest BCUT2D eigenvalue weighted by Gasteiger charge is 2.20. The van der Waals surface area contributed by atoms with E-state index < -0.39 is 41.9 Å². The van der Waals surface area contributed by atoms with E-state index in [0.29, 0.717) is 6.07 Å². The third-order valence-electron chi connectivity index (χ3n) is 1.90. The molecule has 0 aliphatic rings. The molecule has 0 bridgehead atoms. The van der Waals surface area contributed by atoms with E-state index in [4.69, 9.17) is 5.73 Å². The highest BCUT2D eigenvalue weighted by Crippen LogP contribution is 2.23. The summed E-state index contributed by atoms with van der Waals surface area (Å²) in [7, 11) is 0. The van der Waals surface area contributed by atoms with Crippen LogP contribution in [0.3, 0.4) is 0 Å². The summed E-state index contributed by atoms with van der Waals surface area (Å²) in [6.45, 7) is 0.